The van der Waals surface area contributed by atoms with Crippen LogP contribution in [0.5, 0.6) is 0 Å². The third kappa shape index (κ3) is 4.87. The van der Waals surface area contributed by atoms with Crippen LogP contribution < -0.4 is 5.32 Å². The average molecular weight is 396 g/mol. The first-order valence-corrected chi connectivity index (χ1v) is 11.0. The molecule has 0 aliphatic rings. The van der Waals surface area contributed by atoms with Gasteiger partial charge >= 0.3 is 7.60 Å². The third-order valence-electron chi connectivity index (χ3n) is 4.25. The highest BCUT2D eigenvalue weighted by atomic mass is 31.2. The van der Waals surface area contributed by atoms with Crippen LogP contribution in [0.4, 0.5) is 5.69 Å². The van der Waals surface area contributed by atoms with E-state index in [-0.39, 0.29) is 0 Å². The average Bonchev–Trinajstić information content (AvgIpc) is 2.74. The fourth-order valence-corrected chi connectivity index (χ4v) is 4.92. The number of hydrogen-bond donors (Lipinski definition) is 1. The van der Waals surface area contributed by atoms with Crippen LogP contribution in [-0.4, -0.2) is 18.2 Å². The summed E-state index contributed by atoms with van der Waals surface area (Å²) in [5, 5.41) is 3.34. The Balaban J connectivity index is 1.97. The summed E-state index contributed by atoms with van der Waals surface area (Å²) >= 11 is 0. The molecule has 1 N–H and O–H groups in total. The van der Waals surface area contributed by atoms with Crippen LogP contribution >= 0.6 is 7.60 Å². The van der Waals surface area contributed by atoms with E-state index in [2.05, 4.69) is 10.3 Å². The van der Waals surface area contributed by atoms with Crippen molar-refractivity contribution in [3.05, 3.63) is 84.7 Å². The van der Waals surface area contributed by atoms with E-state index >= 15 is 0 Å². The number of anilines is 1. The van der Waals surface area contributed by atoms with Gasteiger partial charge in [-0.3, -0.25) is 9.55 Å². The predicted octanol–water partition coefficient (Wildman–Crippen LogP) is 6.13. The fourth-order valence-electron chi connectivity index (χ4n) is 2.99. The number of hydrogen-bond acceptors (Lipinski definition) is 5. The van der Waals surface area contributed by atoms with Crippen LogP contribution in [0.15, 0.2) is 79.1 Å². The fraction of sp³-hybridized carbons (Fsp3) is 0.227. The molecule has 146 valence electrons. The van der Waals surface area contributed by atoms with Crippen molar-refractivity contribution in [2.75, 3.05) is 18.5 Å². The van der Waals surface area contributed by atoms with Crippen molar-refractivity contribution in [3.63, 3.8) is 0 Å². The molecule has 1 atom stereocenters. The largest absolute Gasteiger partial charge is 0.368 e. The van der Waals surface area contributed by atoms with Gasteiger partial charge in [-0.25, -0.2) is 0 Å². The van der Waals surface area contributed by atoms with Crippen molar-refractivity contribution in [3.8, 4) is 11.1 Å². The Morgan fingerprint density at radius 3 is 2.00 bits per heavy atom. The summed E-state index contributed by atoms with van der Waals surface area (Å²) in [5.74, 6) is -0.610. The third-order valence-corrected chi connectivity index (χ3v) is 6.55. The zero-order valence-electron chi connectivity index (χ0n) is 16.1. The molecular weight excluding hydrogens is 371 g/mol. The van der Waals surface area contributed by atoms with Gasteiger partial charge < -0.3 is 14.4 Å². The zero-order valence-corrected chi connectivity index (χ0v) is 17.0. The van der Waals surface area contributed by atoms with E-state index in [1.54, 1.807) is 12.4 Å². The van der Waals surface area contributed by atoms with E-state index in [1.165, 1.54) is 0 Å². The lowest BCUT2D eigenvalue weighted by molar-refractivity contribution is 0.214. The summed E-state index contributed by atoms with van der Waals surface area (Å²) < 4.78 is 24.8. The second-order valence-electron chi connectivity index (χ2n) is 6.15. The first-order valence-electron chi connectivity index (χ1n) is 9.37. The summed E-state index contributed by atoms with van der Waals surface area (Å²) in [4.78, 5) is 4.06. The molecule has 0 aliphatic heterocycles. The van der Waals surface area contributed by atoms with E-state index < -0.39 is 13.4 Å². The van der Waals surface area contributed by atoms with Crippen molar-refractivity contribution < 1.29 is 13.6 Å². The van der Waals surface area contributed by atoms with Gasteiger partial charge in [0.2, 0.25) is 0 Å². The number of aromatic nitrogens is 1. The summed E-state index contributed by atoms with van der Waals surface area (Å²) in [5.41, 5.74) is 3.83. The van der Waals surface area contributed by atoms with Gasteiger partial charge in [-0.2, -0.15) is 0 Å². The first-order chi connectivity index (χ1) is 13.7. The van der Waals surface area contributed by atoms with E-state index in [1.807, 2.05) is 80.6 Å². The lowest BCUT2D eigenvalue weighted by atomic mass is 10.1. The smallest absolute Gasteiger partial charge is 0.357 e. The highest BCUT2D eigenvalue weighted by molar-refractivity contribution is 7.54. The van der Waals surface area contributed by atoms with E-state index in [0.29, 0.717) is 13.2 Å². The summed E-state index contributed by atoms with van der Waals surface area (Å²) in [6, 6.07) is 21.5. The molecule has 3 aromatic rings. The van der Waals surface area contributed by atoms with Crippen LogP contribution in [0.25, 0.3) is 11.1 Å². The van der Waals surface area contributed by atoms with Gasteiger partial charge in [0, 0.05) is 18.1 Å². The predicted molar refractivity (Wildman–Crippen MR) is 113 cm³/mol. The Kier molecular flexibility index (Phi) is 6.99. The van der Waals surface area contributed by atoms with Gasteiger partial charge in [0.05, 0.1) is 13.2 Å². The number of nitrogens with one attached hydrogen (secondary N) is 1. The minimum atomic E-state index is -3.43. The SMILES string of the molecule is CCOP(=O)(OCC)C(Nc1ccccc1)c1ccc(-c2ccncc2)cc1. The Labute approximate surface area is 166 Å². The number of pyridine rings is 1. The lowest BCUT2D eigenvalue weighted by Crippen LogP contribution is -2.15. The number of nitrogens with zero attached hydrogens (tertiary/aromatic N) is 1. The molecule has 1 heterocycles. The number of rotatable bonds is 9. The van der Waals surface area contributed by atoms with Crippen LogP contribution in [0.3, 0.4) is 0 Å². The maximum atomic E-state index is 13.6. The highest BCUT2D eigenvalue weighted by Gasteiger charge is 2.37. The molecule has 0 aliphatic carbocycles. The van der Waals surface area contributed by atoms with Crippen LogP contribution in [0.2, 0.25) is 0 Å². The molecule has 0 fully saturated rings. The van der Waals surface area contributed by atoms with Gasteiger partial charge in [-0.05, 0) is 54.8 Å². The van der Waals surface area contributed by atoms with Gasteiger partial charge in [-0.15, -0.1) is 0 Å². The van der Waals surface area contributed by atoms with Gasteiger partial charge in [0.25, 0.3) is 0 Å². The van der Waals surface area contributed by atoms with E-state index in [0.717, 1.165) is 22.4 Å². The van der Waals surface area contributed by atoms with Crippen molar-refractivity contribution >= 4 is 13.3 Å². The van der Waals surface area contributed by atoms with Crippen molar-refractivity contribution in [1.82, 2.24) is 4.98 Å². The first kappa shape index (κ1) is 20.3. The Bertz CT molecular complexity index is 892. The maximum absolute atomic E-state index is 13.6. The van der Waals surface area contributed by atoms with E-state index in [9.17, 15) is 4.57 Å². The molecule has 3 rings (SSSR count). The highest BCUT2D eigenvalue weighted by Crippen LogP contribution is 2.60. The van der Waals surface area contributed by atoms with Gasteiger partial charge in [-0.1, -0.05) is 42.5 Å². The van der Waals surface area contributed by atoms with Gasteiger partial charge in [0.15, 0.2) is 5.78 Å². The minimum absolute atomic E-state index is 0.305. The molecule has 6 heteroatoms. The molecule has 0 saturated carbocycles. The molecule has 1 unspecified atom stereocenters. The Hall–Kier alpha value is -2.46. The standard InChI is InChI=1S/C22H25N2O3P/c1-3-26-28(25,27-4-2)22(24-21-8-6-5-7-9-21)20-12-10-18(11-13-20)19-14-16-23-17-15-19/h5-17,22,24H,3-4H2,1-2H3. The monoisotopic (exact) mass is 396 g/mol. The summed E-state index contributed by atoms with van der Waals surface area (Å²) in [7, 11) is -3.43. The molecule has 2 aromatic carbocycles. The molecule has 0 bridgehead atoms. The minimum Gasteiger partial charge on any atom is -0.368 e. The quantitative estimate of drug-likeness (QED) is 0.441. The zero-order chi connectivity index (χ0) is 19.8. The van der Waals surface area contributed by atoms with Crippen LogP contribution in [-0.2, 0) is 13.6 Å². The van der Waals surface area contributed by atoms with Crippen molar-refractivity contribution in [2.24, 2.45) is 0 Å². The van der Waals surface area contributed by atoms with Crippen LogP contribution in [0.1, 0.15) is 25.2 Å². The van der Waals surface area contributed by atoms with Gasteiger partial charge in [0.1, 0.15) is 0 Å². The Morgan fingerprint density at radius 1 is 0.857 bits per heavy atom. The molecule has 0 amide bonds. The topological polar surface area (TPSA) is 60.5 Å². The summed E-state index contributed by atoms with van der Waals surface area (Å²) in [6.45, 7) is 4.24. The maximum Gasteiger partial charge on any atom is 0.357 e. The molecular formula is C22H25N2O3P. The van der Waals surface area contributed by atoms with Crippen LogP contribution in [0, 0.1) is 0 Å². The Morgan fingerprint density at radius 2 is 1.43 bits per heavy atom. The molecule has 0 saturated heterocycles. The molecule has 28 heavy (non-hydrogen) atoms. The number of para-hydroxylation sites is 1. The second-order valence-corrected chi connectivity index (χ2v) is 8.26. The molecule has 1 aromatic heterocycles. The van der Waals surface area contributed by atoms with Crippen molar-refractivity contribution in [1.29, 1.82) is 0 Å². The van der Waals surface area contributed by atoms with E-state index in [4.69, 9.17) is 9.05 Å². The molecule has 5 nitrogen and oxygen atoms in total. The second kappa shape index (κ2) is 9.65. The molecule has 0 radical (unpaired) electrons. The molecule has 0 spiro atoms. The normalized spacial score (nSPS) is 12.5. The lowest BCUT2D eigenvalue weighted by Gasteiger charge is -2.28. The number of benzene rings is 2. The summed E-state index contributed by atoms with van der Waals surface area (Å²) in [6.07, 6.45) is 3.53. The van der Waals surface area contributed by atoms with Crippen molar-refractivity contribution in [2.45, 2.75) is 19.6 Å².